The van der Waals surface area contributed by atoms with Gasteiger partial charge in [0.1, 0.15) is 5.54 Å². The van der Waals surface area contributed by atoms with Gasteiger partial charge in [-0.2, -0.15) is 5.26 Å². The lowest BCUT2D eigenvalue weighted by molar-refractivity contribution is -0.123. The maximum Gasteiger partial charge on any atom is 0.238 e. The van der Waals surface area contributed by atoms with Crippen molar-refractivity contribution < 1.29 is 13.2 Å². The van der Waals surface area contributed by atoms with Crippen LogP contribution < -0.4 is 10.6 Å². The molecule has 1 saturated heterocycles. The predicted octanol–water partition coefficient (Wildman–Crippen LogP) is 0.980. The molecule has 1 aliphatic heterocycles. The fourth-order valence-corrected chi connectivity index (χ4v) is 5.04. The first-order valence-electron chi connectivity index (χ1n) is 8.05. The minimum atomic E-state index is -3.49. The standard InChI is InChI=1S/C17H21N3O3S/c1-11-3-4-15(12(2)7-11)24(22,23)13-8-14(19-9-13)16(21)20-17(10-18)5-6-17/h3-4,7,13-14,19H,5-6,8-9H2,1-2H3,(H,20,21). The molecule has 1 aliphatic carbocycles. The number of carbonyl (C=O) groups excluding carboxylic acids is 1. The van der Waals surface area contributed by atoms with E-state index in [1.807, 2.05) is 13.0 Å². The van der Waals surface area contributed by atoms with Gasteiger partial charge in [-0.15, -0.1) is 0 Å². The first kappa shape index (κ1) is 16.9. The number of rotatable bonds is 4. The van der Waals surface area contributed by atoms with Gasteiger partial charge in [0.15, 0.2) is 9.84 Å². The van der Waals surface area contributed by atoms with Gasteiger partial charge in [0.25, 0.3) is 0 Å². The molecule has 3 rings (SSSR count). The summed E-state index contributed by atoms with van der Waals surface area (Å²) in [6, 6.07) is 6.82. The smallest absolute Gasteiger partial charge is 0.238 e. The number of amides is 1. The number of nitriles is 1. The Morgan fingerprint density at radius 2 is 2.08 bits per heavy atom. The zero-order valence-electron chi connectivity index (χ0n) is 13.8. The SMILES string of the molecule is Cc1ccc(S(=O)(=O)C2CNC(C(=O)NC3(C#N)CC3)C2)c(C)c1. The van der Waals surface area contributed by atoms with Crippen molar-refractivity contribution >= 4 is 15.7 Å². The highest BCUT2D eigenvalue weighted by molar-refractivity contribution is 7.92. The van der Waals surface area contributed by atoms with E-state index < -0.39 is 26.7 Å². The minimum Gasteiger partial charge on any atom is -0.336 e. The number of nitrogens with zero attached hydrogens (tertiary/aromatic N) is 1. The molecule has 0 radical (unpaired) electrons. The molecule has 24 heavy (non-hydrogen) atoms. The lowest BCUT2D eigenvalue weighted by Gasteiger charge is -2.15. The number of sulfone groups is 1. The molecule has 2 atom stereocenters. The summed E-state index contributed by atoms with van der Waals surface area (Å²) < 4.78 is 25.7. The van der Waals surface area contributed by atoms with Gasteiger partial charge in [-0.25, -0.2) is 8.42 Å². The second-order valence-electron chi connectivity index (χ2n) is 6.82. The summed E-state index contributed by atoms with van der Waals surface area (Å²) in [5.74, 6) is -0.285. The average molecular weight is 347 g/mol. The zero-order valence-corrected chi connectivity index (χ0v) is 14.6. The molecule has 0 spiro atoms. The number of hydrogen-bond acceptors (Lipinski definition) is 5. The Morgan fingerprint density at radius 3 is 2.67 bits per heavy atom. The minimum absolute atomic E-state index is 0.225. The number of carbonyl (C=O) groups is 1. The number of nitrogens with one attached hydrogen (secondary N) is 2. The summed E-state index contributed by atoms with van der Waals surface area (Å²) in [5.41, 5.74) is 1.01. The molecule has 2 N–H and O–H groups in total. The Bertz CT molecular complexity index is 822. The molecule has 128 valence electrons. The Kier molecular flexibility index (Phi) is 4.14. The van der Waals surface area contributed by atoms with Gasteiger partial charge in [0, 0.05) is 6.54 Å². The number of aryl methyl sites for hydroxylation is 2. The van der Waals surface area contributed by atoms with Gasteiger partial charge in [-0.05, 0) is 44.7 Å². The second kappa shape index (κ2) is 5.87. The van der Waals surface area contributed by atoms with Gasteiger partial charge >= 0.3 is 0 Å². The predicted molar refractivity (Wildman–Crippen MR) is 89.0 cm³/mol. The molecule has 2 aliphatic rings. The fraction of sp³-hybridized carbons (Fsp3) is 0.529. The van der Waals surface area contributed by atoms with Crippen LogP contribution in [0.5, 0.6) is 0 Å². The van der Waals surface area contributed by atoms with Crippen LogP contribution in [0.1, 0.15) is 30.4 Å². The third-order valence-corrected chi connectivity index (χ3v) is 7.12. The van der Waals surface area contributed by atoms with Crippen LogP contribution in [0.15, 0.2) is 23.1 Å². The molecule has 1 aromatic rings. The van der Waals surface area contributed by atoms with Crippen molar-refractivity contribution in [3.63, 3.8) is 0 Å². The Hall–Kier alpha value is -1.91. The average Bonchev–Trinajstić information content (AvgIpc) is 3.10. The van der Waals surface area contributed by atoms with E-state index in [2.05, 4.69) is 16.7 Å². The van der Waals surface area contributed by atoms with Crippen LogP contribution in [-0.4, -0.2) is 37.7 Å². The maximum absolute atomic E-state index is 12.9. The first-order valence-corrected chi connectivity index (χ1v) is 9.60. The van der Waals surface area contributed by atoms with Crippen molar-refractivity contribution in [1.29, 1.82) is 5.26 Å². The van der Waals surface area contributed by atoms with Gasteiger partial charge in [0.05, 0.1) is 22.3 Å². The van der Waals surface area contributed by atoms with Crippen LogP contribution in [0, 0.1) is 25.2 Å². The molecule has 2 fully saturated rings. The number of benzene rings is 1. The van der Waals surface area contributed by atoms with E-state index in [1.165, 1.54) is 0 Å². The highest BCUT2D eigenvalue weighted by Crippen LogP contribution is 2.34. The molecule has 1 amide bonds. The van der Waals surface area contributed by atoms with Crippen molar-refractivity contribution in [2.75, 3.05) is 6.54 Å². The summed E-state index contributed by atoms with van der Waals surface area (Å²) in [6.07, 6.45) is 1.54. The summed E-state index contributed by atoms with van der Waals surface area (Å²) in [4.78, 5) is 12.6. The molecule has 6 nitrogen and oxygen atoms in total. The molecule has 0 bridgehead atoms. The normalized spacial score (nSPS) is 25.0. The third kappa shape index (κ3) is 3.04. The van der Waals surface area contributed by atoms with Crippen LogP contribution in [0.25, 0.3) is 0 Å². The summed E-state index contributed by atoms with van der Waals surface area (Å²) in [7, 11) is -3.49. The van der Waals surface area contributed by atoms with Crippen LogP contribution in [-0.2, 0) is 14.6 Å². The van der Waals surface area contributed by atoms with Crippen molar-refractivity contribution in [3.8, 4) is 6.07 Å². The molecule has 0 aromatic heterocycles. The molecular weight excluding hydrogens is 326 g/mol. The first-order chi connectivity index (χ1) is 11.3. The van der Waals surface area contributed by atoms with E-state index in [4.69, 9.17) is 5.26 Å². The molecular formula is C17H21N3O3S. The highest BCUT2D eigenvalue weighted by atomic mass is 32.2. The van der Waals surface area contributed by atoms with Crippen molar-refractivity contribution in [2.24, 2.45) is 0 Å². The van der Waals surface area contributed by atoms with E-state index in [0.29, 0.717) is 17.7 Å². The summed E-state index contributed by atoms with van der Waals surface area (Å²) in [6.45, 7) is 3.95. The Labute approximate surface area is 142 Å². The molecule has 7 heteroatoms. The second-order valence-corrected chi connectivity index (χ2v) is 9.01. The monoisotopic (exact) mass is 347 g/mol. The topological polar surface area (TPSA) is 99.1 Å². The zero-order chi connectivity index (χ0) is 17.5. The van der Waals surface area contributed by atoms with E-state index >= 15 is 0 Å². The van der Waals surface area contributed by atoms with E-state index in [9.17, 15) is 13.2 Å². The van der Waals surface area contributed by atoms with Crippen LogP contribution in [0.2, 0.25) is 0 Å². The molecule has 1 heterocycles. The van der Waals surface area contributed by atoms with Gasteiger partial charge in [-0.1, -0.05) is 17.7 Å². The Balaban J connectivity index is 1.73. The largest absolute Gasteiger partial charge is 0.336 e. The number of hydrogen-bond donors (Lipinski definition) is 2. The summed E-state index contributed by atoms with van der Waals surface area (Å²) >= 11 is 0. The summed E-state index contributed by atoms with van der Waals surface area (Å²) in [5, 5.41) is 14.1. The van der Waals surface area contributed by atoms with Gasteiger partial charge < -0.3 is 10.6 Å². The molecule has 1 saturated carbocycles. The lowest BCUT2D eigenvalue weighted by Crippen LogP contribution is -2.45. The van der Waals surface area contributed by atoms with Crippen molar-refractivity contribution in [1.82, 2.24) is 10.6 Å². The fourth-order valence-electron chi connectivity index (χ4n) is 3.15. The lowest BCUT2D eigenvalue weighted by atomic mass is 10.2. The van der Waals surface area contributed by atoms with Gasteiger partial charge in [0.2, 0.25) is 5.91 Å². The van der Waals surface area contributed by atoms with E-state index in [-0.39, 0.29) is 18.9 Å². The quantitative estimate of drug-likeness (QED) is 0.846. The third-order valence-electron chi connectivity index (χ3n) is 4.81. The van der Waals surface area contributed by atoms with Crippen molar-refractivity contribution in [3.05, 3.63) is 29.3 Å². The van der Waals surface area contributed by atoms with Crippen LogP contribution in [0.3, 0.4) is 0 Å². The molecule has 2 unspecified atom stereocenters. The highest BCUT2D eigenvalue weighted by Gasteiger charge is 2.47. The molecule has 1 aromatic carbocycles. The van der Waals surface area contributed by atoms with Gasteiger partial charge in [-0.3, -0.25) is 4.79 Å². The van der Waals surface area contributed by atoms with E-state index in [0.717, 1.165) is 11.1 Å². The Morgan fingerprint density at radius 1 is 1.38 bits per heavy atom. The van der Waals surface area contributed by atoms with Crippen LogP contribution in [0.4, 0.5) is 0 Å². The maximum atomic E-state index is 12.9. The van der Waals surface area contributed by atoms with Crippen LogP contribution >= 0.6 is 0 Å². The van der Waals surface area contributed by atoms with Crippen molar-refractivity contribution in [2.45, 2.75) is 54.8 Å². The van der Waals surface area contributed by atoms with E-state index in [1.54, 1.807) is 19.1 Å².